The molecule has 1 heterocycles. The van der Waals surface area contributed by atoms with Gasteiger partial charge in [-0.1, -0.05) is 13.8 Å². The normalized spacial score (nSPS) is 17.1. The fourth-order valence-corrected chi connectivity index (χ4v) is 2.97. The molecular formula is C17H27NO3. The molecule has 118 valence electrons. The number of methoxy groups -OCH3 is 2. The van der Waals surface area contributed by atoms with Gasteiger partial charge in [0.05, 0.1) is 26.9 Å². The fourth-order valence-electron chi connectivity index (χ4n) is 2.97. The Bertz CT molecular complexity index is 456. The number of benzene rings is 1. The largest absolute Gasteiger partial charge is 0.497 e. The molecule has 1 aromatic carbocycles. The second-order valence-electron chi connectivity index (χ2n) is 5.50. The number of ether oxygens (including phenoxy) is 3. The van der Waals surface area contributed by atoms with Crippen LogP contribution in [0.15, 0.2) is 12.1 Å². The third-order valence-corrected chi connectivity index (χ3v) is 3.95. The zero-order valence-corrected chi connectivity index (χ0v) is 13.6. The lowest BCUT2D eigenvalue weighted by Gasteiger charge is -2.24. The third-order valence-electron chi connectivity index (χ3n) is 3.95. The Kier molecular flexibility index (Phi) is 5.88. The highest BCUT2D eigenvalue weighted by Crippen LogP contribution is 2.40. The van der Waals surface area contributed by atoms with Crippen molar-refractivity contribution in [2.45, 2.75) is 39.4 Å². The molecule has 0 fully saturated rings. The minimum absolute atomic E-state index is 0.113. The van der Waals surface area contributed by atoms with Gasteiger partial charge >= 0.3 is 0 Å². The molecule has 0 aromatic heterocycles. The van der Waals surface area contributed by atoms with Crippen LogP contribution >= 0.6 is 0 Å². The van der Waals surface area contributed by atoms with Crippen LogP contribution < -0.4 is 9.47 Å². The summed E-state index contributed by atoms with van der Waals surface area (Å²) in [6.07, 6.45) is 2.45. The second-order valence-corrected chi connectivity index (χ2v) is 5.50. The predicted octanol–water partition coefficient (Wildman–Crippen LogP) is 3.40. The molecule has 1 aliphatic heterocycles. The van der Waals surface area contributed by atoms with Gasteiger partial charge in [-0.05, 0) is 37.6 Å². The van der Waals surface area contributed by atoms with Gasteiger partial charge in [-0.15, -0.1) is 0 Å². The van der Waals surface area contributed by atoms with E-state index in [1.54, 1.807) is 14.2 Å². The van der Waals surface area contributed by atoms with E-state index in [1.165, 1.54) is 18.4 Å². The van der Waals surface area contributed by atoms with Crippen molar-refractivity contribution < 1.29 is 14.2 Å². The van der Waals surface area contributed by atoms with Crippen LogP contribution in [0, 0.1) is 0 Å². The molecule has 0 saturated carbocycles. The maximum Gasteiger partial charge on any atom is 0.128 e. The highest BCUT2D eigenvalue weighted by atomic mass is 16.5. The molecule has 0 aliphatic carbocycles. The van der Waals surface area contributed by atoms with Gasteiger partial charge in [0.2, 0.25) is 0 Å². The number of hydrogen-bond acceptors (Lipinski definition) is 4. The summed E-state index contributed by atoms with van der Waals surface area (Å²) in [5.74, 6) is 1.70. The summed E-state index contributed by atoms with van der Waals surface area (Å²) in [4.78, 5) is 2.48. The summed E-state index contributed by atoms with van der Waals surface area (Å²) in [6.45, 7) is 8.23. The summed E-state index contributed by atoms with van der Waals surface area (Å²) in [6, 6.07) is 4.02. The number of hydrogen-bond donors (Lipinski definition) is 0. The molecule has 1 aliphatic rings. The smallest absolute Gasteiger partial charge is 0.128 e. The fraction of sp³-hybridized carbons (Fsp3) is 0.647. The Morgan fingerprint density at radius 1 is 1.14 bits per heavy atom. The second kappa shape index (κ2) is 7.66. The molecule has 0 amide bonds. The summed E-state index contributed by atoms with van der Waals surface area (Å²) in [5, 5.41) is 0. The SMILES string of the molecule is CCCN(CCC)CC1OCc2c(OC)cc(OC)cc21. The Balaban J connectivity index is 2.19. The van der Waals surface area contributed by atoms with Gasteiger partial charge in [-0.2, -0.15) is 0 Å². The van der Waals surface area contributed by atoms with Crippen LogP contribution in [-0.2, 0) is 11.3 Å². The minimum Gasteiger partial charge on any atom is -0.497 e. The first kappa shape index (κ1) is 16.1. The maximum atomic E-state index is 6.01. The average molecular weight is 293 g/mol. The zero-order valence-electron chi connectivity index (χ0n) is 13.6. The van der Waals surface area contributed by atoms with Crippen LogP contribution in [0.25, 0.3) is 0 Å². The predicted molar refractivity (Wildman–Crippen MR) is 84.1 cm³/mol. The highest BCUT2D eigenvalue weighted by Gasteiger charge is 2.28. The molecule has 1 unspecified atom stereocenters. The number of nitrogens with zero attached hydrogens (tertiary/aromatic N) is 1. The van der Waals surface area contributed by atoms with Crippen LogP contribution in [0.3, 0.4) is 0 Å². The number of fused-ring (bicyclic) bond motifs is 1. The quantitative estimate of drug-likeness (QED) is 0.735. The van der Waals surface area contributed by atoms with Crippen molar-refractivity contribution in [2.24, 2.45) is 0 Å². The molecule has 0 N–H and O–H groups in total. The van der Waals surface area contributed by atoms with E-state index < -0.39 is 0 Å². The van der Waals surface area contributed by atoms with Crippen LogP contribution in [0.1, 0.15) is 43.9 Å². The van der Waals surface area contributed by atoms with Crippen molar-refractivity contribution in [3.63, 3.8) is 0 Å². The molecule has 2 rings (SSSR count). The Morgan fingerprint density at radius 3 is 2.43 bits per heavy atom. The Labute approximate surface area is 128 Å². The molecule has 0 saturated heterocycles. The van der Waals surface area contributed by atoms with Gasteiger partial charge in [-0.25, -0.2) is 0 Å². The summed E-state index contributed by atoms with van der Waals surface area (Å²) in [5.41, 5.74) is 2.37. The van der Waals surface area contributed by atoms with Gasteiger partial charge in [0.1, 0.15) is 11.5 Å². The minimum atomic E-state index is 0.113. The van der Waals surface area contributed by atoms with Crippen LogP contribution in [-0.4, -0.2) is 38.8 Å². The summed E-state index contributed by atoms with van der Waals surface area (Å²) in [7, 11) is 3.38. The van der Waals surface area contributed by atoms with Crippen molar-refractivity contribution in [3.8, 4) is 11.5 Å². The van der Waals surface area contributed by atoms with E-state index in [1.807, 2.05) is 6.07 Å². The lowest BCUT2D eigenvalue weighted by Crippen LogP contribution is -2.30. The topological polar surface area (TPSA) is 30.9 Å². The summed E-state index contributed by atoms with van der Waals surface area (Å²) >= 11 is 0. The van der Waals surface area contributed by atoms with Gasteiger partial charge in [0, 0.05) is 18.2 Å². The number of rotatable bonds is 8. The van der Waals surface area contributed by atoms with Crippen LogP contribution in [0.4, 0.5) is 0 Å². The molecule has 0 bridgehead atoms. The third kappa shape index (κ3) is 3.69. The first-order valence-electron chi connectivity index (χ1n) is 7.82. The molecule has 1 aromatic rings. The van der Waals surface area contributed by atoms with E-state index >= 15 is 0 Å². The first-order valence-corrected chi connectivity index (χ1v) is 7.82. The average Bonchev–Trinajstić information content (AvgIpc) is 2.90. The first-order chi connectivity index (χ1) is 10.2. The van der Waals surface area contributed by atoms with E-state index in [9.17, 15) is 0 Å². The highest BCUT2D eigenvalue weighted by molar-refractivity contribution is 5.49. The molecule has 1 atom stereocenters. The van der Waals surface area contributed by atoms with E-state index in [2.05, 4.69) is 24.8 Å². The molecular weight excluding hydrogens is 266 g/mol. The van der Waals surface area contributed by atoms with Crippen molar-refractivity contribution in [1.82, 2.24) is 4.90 Å². The monoisotopic (exact) mass is 293 g/mol. The van der Waals surface area contributed by atoms with Gasteiger partial charge in [0.15, 0.2) is 0 Å². The van der Waals surface area contributed by atoms with Gasteiger partial charge in [-0.3, -0.25) is 0 Å². The van der Waals surface area contributed by atoms with Crippen LogP contribution in [0.2, 0.25) is 0 Å². The Morgan fingerprint density at radius 2 is 1.86 bits per heavy atom. The molecule has 4 heteroatoms. The van der Waals surface area contributed by atoms with Crippen molar-refractivity contribution in [1.29, 1.82) is 0 Å². The molecule has 0 radical (unpaired) electrons. The van der Waals surface area contributed by atoms with Crippen molar-refractivity contribution in [3.05, 3.63) is 23.3 Å². The van der Waals surface area contributed by atoms with E-state index in [4.69, 9.17) is 14.2 Å². The zero-order chi connectivity index (χ0) is 15.2. The molecule has 4 nitrogen and oxygen atoms in total. The standard InChI is InChI=1S/C17H27NO3/c1-5-7-18(8-6-2)11-17-14-9-13(19-3)10-16(20-4)15(14)12-21-17/h9-10,17H,5-8,11-12H2,1-4H3. The molecule has 21 heavy (non-hydrogen) atoms. The molecule has 0 spiro atoms. The lowest BCUT2D eigenvalue weighted by atomic mass is 10.0. The Hall–Kier alpha value is -1.26. The van der Waals surface area contributed by atoms with Crippen molar-refractivity contribution in [2.75, 3.05) is 33.9 Å². The van der Waals surface area contributed by atoms with E-state index in [0.717, 1.165) is 36.7 Å². The van der Waals surface area contributed by atoms with Crippen molar-refractivity contribution >= 4 is 0 Å². The lowest BCUT2D eigenvalue weighted by molar-refractivity contribution is 0.0361. The van der Waals surface area contributed by atoms with E-state index in [0.29, 0.717) is 6.61 Å². The summed E-state index contributed by atoms with van der Waals surface area (Å²) < 4.78 is 16.9. The van der Waals surface area contributed by atoms with Gasteiger partial charge in [0.25, 0.3) is 0 Å². The van der Waals surface area contributed by atoms with E-state index in [-0.39, 0.29) is 6.10 Å². The maximum absolute atomic E-state index is 6.01. The van der Waals surface area contributed by atoms with Crippen LogP contribution in [0.5, 0.6) is 11.5 Å². The van der Waals surface area contributed by atoms with Gasteiger partial charge < -0.3 is 19.1 Å².